The fraction of sp³-hybridized carbons (Fsp3) is 0.222. The summed E-state index contributed by atoms with van der Waals surface area (Å²) in [6.45, 7) is 0. The van der Waals surface area contributed by atoms with Crippen LogP contribution in [0, 0.1) is 0 Å². The molecule has 1 aromatic carbocycles. The number of methoxy groups -OCH3 is 1. The molecule has 0 heterocycles. The first kappa shape index (κ1) is 12.8. The molecule has 0 spiro atoms. The number of nitrogens with two attached hydrogens (primary N) is 1. The van der Waals surface area contributed by atoms with Gasteiger partial charge in [-0.2, -0.15) is 13.2 Å². The zero-order valence-corrected chi connectivity index (χ0v) is 9.65. The molecule has 0 saturated carbocycles. The molecular formula is C9H7BrF3NO2. The third-order valence-electron chi connectivity index (χ3n) is 1.83. The Bertz CT molecular complexity index is 431. The van der Waals surface area contributed by atoms with Gasteiger partial charge < -0.3 is 10.5 Å². The number of halogens is 4. The average Bonchev–Trinajstić information content (AvgIpc) is 2.19. The van der Waals surface area contributed by atoms with E-state index in [0.29, 0.717) is 6.07 Å². The number of carbonyl (C=O) groups is 1. The van der Waals surface area contributed by atoms with Crippen molar-refractivity contribution in [2.75, 3.05) is 12.8 Å². The Morgan fingerprint density at radius 2 is 2.00 bits per heavy atom. The van der Waals surface area contributed by atoms with E-state index in [4.69, 9.17) is 5.73 Å². The van der Waals surface area contributed by atoms with Crippen LogP contribution in [0.5, 0.6) is 0 Å². The fourth-order valence-electron chi connectivity index (χ4n) is 1.07. The lowest BCUT2D eigenvalue weighted by molar-refractivity contribution is -0.137. The molecule has 0 aromatic heterocycles. The Hall–Kier alpha value is -1.24. The minimum Gasteiger partial charge on any atom is -0.465 e. The van der Waals surface area contributed by atoms with Crippen molar-refractivity contribution in [2.45, 2.75) is 6.18 Å². The second kappa shape index (κ2) is 4.32. The average molecular weight is 298 g/mol. The van der Waals surface area contributed by atoms with E-state index in [1.165, 1.54) is 0 Å². The lowest BCUT2D eigenvalue weighted by Crippen LogP contribution is -2.11. The van der Waals surface area contributed by atoms with Crippen molar-refractivity contribution < 1.29 is 22.7 Å². The van der Waals surface area contributed by atoms with Gasteiger partial charge in [-0.05, 0) is 28.1 Å². The predicted octanol–water partition coefficient (Wildman–Crippen LogP) is 2.84. The smallest absolute Gasteiger partial charge is 0.416 e. The van der Waals surface area contributed by atoms with Crippen LogP contribution in [0.4, 0.5) is 18.9 Å². The van der Waals surface area contributed by atoms with Crippen LogP contribution in [0.1, 0.15) is 15.9 Å². The summed E-state index contributed by atoms with van der Waals surface area (Å²) >= 11 is 2.93. The first-order valence-corrected chi connectivity index (χ1v) is 4.81. The van der Waals surface area contributed by atoms with Crippen molar-refractivity contribution in [1.82, 2.24) is 0 Å². The van der Waals surface area contributed by atoms with Crippen LogP contribution in [0.15, 0.2) is 16.6 Å². The van der Waals surface area contributed by atoms with Crippen LogP contribution >= 0.6 is 15.9 Å². The number of anilines is 1. The first-order valence-electron chi connectivity index (χ1n) is 4.02. The summed E-state index contributed by atoms with van der Waals surface area (Å²) in [5.41, 5.74) is 3.94. The summed E-state index contributed by atoms with van der Waals surface area (Å²) in [4.78, 5) is 11.2. The first-order chi connectivity index (χ1) is 7.27. The molecule has 0 atom stereocenters. The number of benzene rings is 1. The van der Waals surface area contributed by atoms with Crippen LogP contribution in [0.25, 0.3) is 0 Å². The largest absolute Gasteiger partial charge is 0.465 e. The lowest BCUT2D eigenvalue weighted by Gasteiger charge is -2.11. The highest BCUT2D eigenvalue weighted by Gasteiger charge is 2.32. The molecule has 0 fully saturated rings. The minimum absolute atomic E-state index is 0.0901. The third-order valence-corrected chi connectivity index (χ3v) is 2.72. The van der Waals surface area contributed by atoms with Gasteiger partial charge in [-0.15, -0.1) is 0 Å². The number of alkyl halides is 3. The highest BCUT2D eigenvalue weighted by Crippen LogP contribution is 2.35. The number of hydrogen-bond donors (Lipinski definition) is 1. The zero-order valence-electron chi connectivity index (χ0n) is 8.06. The summed E-state index contributed by atoms with van der Waals surface area (Å²) in [5.74, 6) is -0.885. The highest BCUT2D eigenvalue weighted by molar-refractivity contribution is 9.10. The molecule has 16 heavy (non-hydrogen) atoms. The Balaban J connectivity index is 3.39. The summed E-state index contributed by atoms with van der Waals surface area (Å²) in [6, 6.07) is 1.43. The van der Waals surface area contributed by atoms with Crippen molar-refractivity contribution in [2.24, 2.45) is 0 Å². The number of esters is 1. The second-order valence-corrected chi connectivity index (χ2v) is 3.71. The maximum atomic E-state index is 12.4. The molecule has 1 aromatic rings. The zero-order chi connectivity index (χ0) is 12.5. The van der Waals surface area contributed by atoms with Crippen LogP contribution in [-0.2, 0) is 10.9 Å². The molecule has 0 aliphatic rings. The van der Waals surface area contributed by atoms with Crippen molar-refractivity contribution in [3.8, 4) is 0 Å². The van der Waals surface area contributed by atoms with Gasteiger partial charge in [0, 0.05) is 5.69 Å². The van der Waals surface area contributed by atoms with Crippen LogP contribution in [0.2, 0.25) is 0 Å². The Kier molecular flexibility index (Phi) is 3.47. The van der Waals surface area contributed by atoms with E-state index in [0.717, 1.165) is 13.2 Å². The number of ether oxygens (including phenoxy) is 1. The Morgan fingerprint density at radius 3 is 2.44 bits per heavy atom. The SMILES string of the molecule is COC(=O)c1cc(C(F)(F)F)cc(N)c1Br. The standard InChI is InChI=1S/C9H7BrF3NO2/c1-16-8(15)5-2-4(9(11,12)13)3-6(14)7(5)10/h2-3H,14H2,1H3. The van der Waals surface area contributed by atoms with Gasteiger partial charge >= 0.3 is 12.1 Å². The van der Waals surface area contributed by atoms with E-state index in [9.17, 15) is 18.0 Å². The maximum absolute atomic E-state index is 12.4. The quantitative estimate of drug-likeness (QED) is 0.640. The Labute approximate surface area is 97.5 Å². The third kappa shape index (κ3) is 2.46. The molecule has 0 unspecified atom stereocenters. The molecule has 0 aliphatic heterocycles. The number of carbonyl (C=O) groups excluding carboxylic acids is 1. The highest BCUT2D eigenvalue weighted by atomic mass is 79.9. The van der Waals surface area contributed by atoms with Gasteiger partial charge in [0.15, 0.2) is 0 Å². The molecular weight excluding hydrogens is 291 g/mol. The molecule has 0 aliphatic carbocycles. The van der Waals surface area contributed by atoms with E-state index in [-0.39, 0.29) is 15.7 Å². The van der Waals surface area contributed by atoms with Gasteiger partial charge in [0.05, 0.1) is 22.7 Å². The number of hydrogen-bond acceptors (Lipinski definition) is 3. The molecule has 0 radical (unpaired) electrons. The predicted molar refractivity (Wildman–Crippen MR) is 54.9 cm³/mol. The normalized spacial score (nSPS) is 11.3. The molecule has 7 heteroatoms. The molecule has 1 rings (SSSR count). The van der Waals surface area contributed by atoms with Gasteiger partial charge in [-0.3, -0.25) is 0 Å². The summed E-state index contributed by atoms with van der Waals surface area (Å²) in [5, 5.41) is 0. The number of rotatable bonds is 1. The Morgan fingerprint density at radius 1 is 1.44 bits per heavy atom. The molecule has 0 bridgehead atoms. The summed E-state index contributed by atoms with van der Waals surface area (Å²) in [6.07, 6.45) is -4.56. The number of nitrogen functional groups attached to an aromatic ring is 1. The topological polar surface area (TPSA) is 52.3 Å². The monoisotopic (exact) mass is 297 g/mol. The van der Waals surface area contributed by atoms with E-state index in [1.807, 2.05) is 0 Å². The van der Waals surface area contributed by atoms with Crippen LogP contribution < -0.4 is 5.73 Å². The van der Waals surface area contributed by atoms with Gasteiger partial charge in [0.2, 0.25) is 0 Å². The van der Waals surface area contributed by atoms with Gasteiger partial charge in [0.25, 0.3) is 0 Å². The van der Waals surface area contributed by atoms with Crippen LogP contribution in [-0.4, -0.2) is 13.1 Å². The molecule has 3 nitrogen and oxygen atoms in total. The lowest BCUT2D eigenvalue weighted by atomic mass is 10.1. The molecule has 2 N–H and O–H groups in total. The van der Waals surface area contributed by atoms with E-state index in [1.54, 1.807) is 0 Å². The summed E-state index contributed by atoms with van der Waals surface area (Å²) in [7, 11) is 1.07. The van der Waals surface area contributed by atoms with Crippen molar-refractivity contribution in [3.05, 3.63) is 27.7 Å². The van der Waals surface area contributed by atoms with Crippen LogP contribution in [0.3, 0.4) is 0 Å². The maximum Gasteiger partial charge on any atom is 0.416 e. The summed E-state index contributed by atoms with van der Waals surface area (Å²) < 4.78 is 41.7. The van der Waals surface area contributed by atoms with Crippen molar-refractivity contribution >= 4 is 27.6 Å². The van der Waals surface area contributed by atoms with E-state index in [2.05, 4.69) is 20.7 Å². The molecule has 0 amide bonds. The van der Waals surface area contributed by atoms with E-state index < -0.39 is 17.7 Å². The molecule has 0 saturated heterocycles. The van der Waals surface area contributed by atoms with Gasteiger partial charge in [0.1, 0.15) is 0 Å². The minimum atomic E-state index is -4.56. The second-order valence-electron chi connectivity index (χ2n) is 2.92. The van der Waals surface area contributed by atoms with Crippen molar-refractivity contribution in [1.29, 1.82) is 0 Å². The van der Waals surface area contributed by atoms with Gasteiger partial charge in [-0.25, -0.2) is 4.79 Å². The van der Waals surface area contributed by atoms with Crippen molar-refractivity contribution in [3.63, 3.8) is 0 Å². The van der Waals surface area contributed by atoms with Gasteiger partial charge in [-0.1, -0.05) is 0 Å². The molecule has 88 valence electrons. The van der Waals surface area contributed by atoms with E-state index >= 15 is 0 Å². The fourth-order valence-corrected chi connectivity index (χ4v) is 1.46.